The number of hydrogen-bond donors (Lipinski definition) is 1. The third kappa shape index (κ3) is 3.06. The van der Waals surface area contributed by atoms with Crippen molar-refractivity contribution in [3.63, 3.8) is 0 Å². The molecule has 2 nitrogen and oxygen atoms in total. The van der Waals surface area contributed by atoms with Gasteiger partial charge in [0.05, 0.1) is 10.7 Å². The number of fused-ring (bicyclic) bond motifs is 1. The maximum Gasteiger partial charge on any atom is 0.0637 e. The minimum Gasteiger partial charge on any atom is -0.383 e. The topological polar surface area (TPSA) is 15.3 Å². The van der Waals surface area contributed by atoms with Gasteiger partial charge in [-0.3, -0.25) is 4.90 Å². The largest absolute Gasteiger partial charge is 0.383 e. The van der Waals surface area contributed by atoms with Gasteiger partial charge in [0.2, 0.25) is 0 Å². The summed E-state index contributed by atoms with van der Waals surface area (Å²) < 4.78 is 0. The van der Waals surface area contributed by atoms with Gasteiger partial charge in [0, 0.05) is 19.1 Å². The average molecular weight is 279 g/mol. The highest BCUT2D eigenvalue weighted by molar-refractivity contribution is 6.33. The van der Waals surface area contributed by atoms with Crippen molar-refractivity contribution < 1.29 is 0 Å². The van der Waals surface area contributed by atoms with Crippen LogP contribution in [0.4, 0.5) is 5.69 Å². The monoisotopic (exact) mass is 278 g/mol. The molecule has 1 aliphatic carbocycles. The zero-order valence-electron chi connectivity index (χ0n) is 11.4. The van der Waals surface area contributed by atoms with Crippen LogP contribution in [0.2, 0.25) is 5.02 Å². The lowest BCUT2D eigenvalue weighted by molar-refractivity contribution is 0.118. The Bertz CT molecular complexity index is 421. The van der Waals surface area contributed by atoms with Gasteiger partial charge in [-0.15, -0.1) is 0 Å². The molecule has 0 bridgehead atoms. The molecule has 1 saturated heterocycles. The summed E-state index contributed by atoms with van der Waals surface area (Å²) in [5.41, 5.74) is 1.06. The summed E-state index contributed by atoms with van der Waals surface area (Å²) in [5.74, 6) is 0.981. The second kappa shape index (κ2) is 6.15. The number of rotatable bonds is 4. The predicted octanol–water partition coefficient (Wildman–Crippen LogP) is 4.02. The standard InChI is InChI=1S/C16H23ClN2/c17-14-7-1-2-8-15(14)18-10-12-19-11-4-6-13-5-3-9-16(13)19/h1-2,7-8,13,16,18H,3-6,9-12H2. The Kier molecular flexibility index (Phi) is 4.29. The van der Waals surface area contributed by atoms with Gasteiger partial charge in [-0.2, -0.15) is 0 Å². The van der Waals surface area contributed by atoms with Crippen LogP contribution in [0.3, 0.4) is 0 Å². The van der Waals surface area contributed by atoms with Crippen LogP contribution < -0.4 is 5.32 Å². The molecule has 2 unspecified atom stereocenters. The Labute approximate surface area is 121 Å². The fourth-order valence-corrected chi connectivity index (χ4v) is 3.98. The first-order chi connectivity index (χ1) is 9.34. The van der Waals surface area contributed by atoms with Crippen LogP contribution in [0.25, 0.3) is 0 Å². The molecule has 3 rings (SSSR count). The van der Waals surface area contributed by atoms with E-state index in [1.54, 1.807) is 0 Å². The van der Waals surface area contributed by atoms with Gasteiger partial charge < -0.3 is 5.32 Å². The fourth-order valence-electron chi connectivity index (χ4n) is 3.77. The highest BCUT2D eigenvalue weighted by Crippen LogP contribution is 2.36. The van der Waals surface area contributed by atoms with Crippen LogP contribution in [-0.2, 0) is 0 Å². The van der Waals surface area contributed by atoms with Crippen molar-refractivity contribution in [3.8, 4) is 0 Å². The first kappa shape index (κ1) is 13.3. The number of nitrogens with zero attached hydrogens (tertiary/aromatic N) is 1. The third-order valence-electron chi connectivity index (χ3n) is 4.70. The van der Waals surface area contributed by atoms with Gasteiger partial charge in [-0.05, 0) is 50.3 Å². The first-order valence-corrected chi connectivity index (χ1v) is 7.95. The molecule has 104 valence electrons. The molecule has 2 atom stereocenters. The van der Waals surface area contributed by atoms with E-state index in [0.717, 1.165) is 35.8 Å². The Morgan fingerprint density at radius 2 is 2.00 bits per heavy atom. The van der Waals surface area contributed by atoms with Crippen molar-refractivity contribution in [3.05, 3.63) is 29.3 Å². The Hall–Kier alpha value is -0.730. The Morgan fingerprint density at radius 3 is 2.89 bits per heavy atom. The lowest BCUT2D eigenvalue weighted by Gasteiger charge is -2.37. The normalized spacial score (nSPS) is 27.2. The molecule has 0 aromatic heterocycles. The van der Waals surface area contributed by atoms with E-state index in [0.29, 0.717) is 0 Å². The molecule has 2 aliphatic rings. The highest BCUT2D eigenvalue weighted by Gasteiger charge is 2.34. The summed E-state index contributed by atoms with van der Waals surface area (Å²) in [7, 11) is 0. The van der Waals surface area contributed by atoms with Gasteiger partial charge in [0.15, 0.2) is 0 Å². The molecule has 1 aliphatic heterocycles. The molecule has 19 heavy (non-hydrogen) atoms. The van der Waals surface area contributed by atoms with Crippen molar-refractivity contribution >= 4 is 17.3 Å². The number of benzene rings is 1. The summed E-state index contributed by atoms with van der Waals surface area (Å²) >= 11 is 6.16. The lowest BCUT2D eigenvalue weighted by atomic mass is 9.92. The van der Waals surface area contributed by atoms with Crippen molar-refractivity contribution in [1.29, 1.82) is 0 Å². The SMILES string of the molecule is Clc1ccccc1NCCN1CCCC2CCCC21. The van der Waals surface area contributed by atoms with Gasteiger partial charge in [-0.25, -0.2) is 0 Å². The van der Waals surface area contributed by atoms with Crippen LogP contribution in [0.1, 0.15) is 32.1 Å². The van der Waals surface area contributed by atoms with Gasteiger partial charge in [0.1, 0.15) is 0 Å². The molecule has 1 aromatic rings. The average Bonchev–Trinajstić information content (AvgIpc) is 2.90. The number of hydrogen-bond acceptors (Lipinski definition) is 2. The molecule has 2 fully saturated rings. The zero-order valence-corrected chi connectivity index (χ0v) is 12.2. The van der Waals surface area contributed by atoms with Crippen LogP contribution in [-0.4, -0.2) is 30.6 Å². The second-order valence-corrected chi connectivity index (χ2v) is 6.25. The van der Waals surface area contributed by atoms with Crippen LogP contribution in [0.5, 0.6) is 0 Å². The van der Waals surface area contributed by atoms with E-state index in [4.69, 9.17) is 11.6 Å². The van der Waals surface area contributed by atoms with Crippen LogP contribution in [0, 0.1) is 5.92 Å². The number of anilines is 1. The maximum absolute atomic E-state index is 6.16. The molecule has 0 amide bonds. The minimum absolute atomic E-state index is 0.819. The van der Waals surface area contributed by atoms with Gasteiger partial charge in [-0.1, -0.05) is 30.2 Å². The van der Waals surface area contributed by atoms with Gasteiger partial charge >= 0.3 is 0 Å². The molecule has 1 heterocycles. The van der Waals surface area contributed by atoms with E-state index in [1.165, 1.54) is 38.6 Å². The molecule has 0 spiro atoms. The maximum atomic E-state index is 6.16. The quantitative estimate of drug-likeness (QED) is 0.895. The predicted molar refractivity (Wildman–Crippen MR) is 81.9 cm³/mol. The fraction of sp³-hybridized carbons (Fsp3) is 0.625. The molecular formula is C16H23ClN2. The Balaban J connectivity index is 1.51. The third-order valence-corrected chi connectivity index (χ3v) is 5.03. The number of halogens is 1. The number of para-hydroxylation sites is 1. The van der Waals surface area contributed by atoms with E-state index >= 15 is 0 Å². The van der Waals surface area contributed by atoms with Crippen LogP contribution in [0.15, 0.2) is 24.3 Å². The molecule has 3 heteroatoms. The summed E-state index contributed by atoms with van der Waals surface area (Å²) in [5, 5.41) is 4.29. The summed E-state index contributed by atoms with van der Waals surface area (Å²) in [6.45, 7) is 3.42. The van der Waals surface area contributed by atoms with E-state index in [2.05, 4.69) is 16.3 Å². The lowest BCUT2D eigenvalue weighted by Crippen LogP contribution is -2.44. The number of nitrogens with one attached hydrogen (secondary N) is 1. The van der Waals surface area contributed by atoms with Crippen molar-refractivity contribution in [2.75, 3.05) is 25.0 Å². The number of likely N-dealkylation sites (tertiary alicyclic amines) is 1. The summed E-state index contributed by atoms with van der Waals surface area (Å²) in [6.07, 6.45) is 7.14. The smallest absolute Gasteiger partial charge is 0.0637 e. The molecule has 1 saturated carbocycles. The van der Waals surface area contributed by atoms with Crippen LogP contribution >= 0.6 is 11.6 Å². The molecule has 1 N–H and O–H groups in total. The summed E-state index contributed by atoms with van der Waals surface area (Å²) in [4.78, 5) is 2.70. The van der Waals surface area contributed by atoms with Crippen molar-refractivity contribution in [1.82, 2.24) is 4.90 Å². The van der Waals surface area contributed by atoms with E-state index in [-0.39, 0.29) is 0 Å². The zero-order chi connectivity index (χ0) is 13.1. The molecule has 0 radical (unpaired) electrons. The Morgan fingerprint density at radius 1 is 1.16 bits per heavy atom. The first-order valence-electron chi connectivity index (χ1n) is 7.57. The van der Waals surface area contributed by atoms with Crippen molar-refractivity contribution in [2.45, 2.75) is 38.1 Å². The highest BCUT2D eigenvalue weighted by atomic mass is 35.5. The second-order valence-electron chi connectivity index (χ2n) is 5.84. The van der Waals surface area contributed by atoms with Crippen molar-refractivity contribution in [2.24, 2.45) is 5.92 Å². The minimum atomic E-state index is 0.819. The molecule has 1 aromatic carbocycles. The van der Waals surface area contributed by atoms with Gasteiger partial charge in [0.25, 0.3) is 0 Å². The van der Waals surface area contributed by atoms with E-state index in [9.17, 15) is 0 Å². The number of piperidine rings is 1. The summed E-state index contributed by atoms with van der Waals surface area (Å²) in [6, 6.07) is 8.86. The van der Waals surface area contributed by atoms with E-state index < -0.39 is 0 Å². The molecular weight excluding hydrogens is 256 g/mol. The van der Waals surface area contributed by atoms with E-state index in [1.807, 2.05) is 18.2 Å².